The van der Waals surface area contributed by atoms with E-state index in [2.05, 4.69) is 20.6 Å². The minimum absolute atomic E-state index is 0. The number of anilines is 1. The van der Waals surface area contributed by atoms with Gasteiger partial charge in [0.05, 0.1) is 11.0 Å². The van der Waals surface area contributed by atoms with Crippen LogP contribution in [0.25, 0.3) is 11.0 Å². The zero-order valence-electron chi connectivity index (χ0n) is 11.9. The monoisotopic (exact) mass is 308 g/mol. The van der Waals surface area contributed by atoms with E-state index >= 15 is 0 Å². The fourth-order valence-electron chi connectivity index (χ4n) is 2.71. The van der Waals surface area contributed by atoms with Crippen LogP contribution in [0.2, 0.25) is 0 Å². The van der Waals surface area contributed by atoms with Crippen molar-refractivity contribution in [2.24, 2.45) is 5.92 Å². The van der Waals surface area contributed by atoms with Gasteiger partial charge in [-0.3, -0.25) is 10.1 Å². The molecule has 1 aliphatic rings. The minimum Gasteiger partial charge on any atom is -0.324 e. The van der Waals surface area contributed by atoms with E-state index in [9.17, 15) is 4.79 Å². The lowest BCUT2D eigenvalue weighted by Gasteiger charge is -2.21. The van der Waals surface area contributed by atoms with Gasteiger partial charge in [-0.1, -0.05) is 12.1 Å². The third kappa shape index (κ3) is 4.19. The maximum absolute atomic E-state index is 11.9. The Morgan fingerprint density at radius 2 is 2.05 bits per heavy atom. The standard InChI is InChI=1S/C15H20N4O.ClH/c20-14(6-5-11-7-9-16-10-8-11)19-15-17-12-3-1-2-4-13(12)18-15;/h1-4,11,16H,5-10H2,(H2,17,18,19,20);1H. The van der Waals surface area contributed by atoms with Crippen LogP contribution in [-0.2, 0) is 4.79 Å². The first-order valence-corrected chi connectivity index (χ1v) is 7.26. The molecule has 0 spiro atoms. The quantitative estimate of drug-likeness (QED) is 0.813. The fourth-order valence-corrected chi connectivity index (χ4v) is 2.71. The van der Waals surface area contributed by atoms with Crippen LogP contribution in [0.4, 0.5) is 5.95 Å². The number of aromatic amines is 1. The molecule has 2 aromatic rings. The van der Waals surface area contributed by atoms with Crippen LogP contribution >= 0.6 is 12.4 Å². The van der Waals surface area contributed by atoms with Crippen LogP contribution in [0.3, 0.4) is 0 Å². The summed E-state index contributed by atoms with van der Waals surface area (Å²) in [6.45, 7) is 2.16. The van der Waals surface area contributed by atoms with Gasteiger partial charge in [-0.15, -0.1) is 12.4 Å². The number of carbonyl (C=O) groups is 1. The average molecular weight is 309 g/mol. The molecule has 1 saturated heterocycles. The second-order valence-corrected chi connectivity index (χ2v) is 5.38. The molecular weight excluding hydrogens is 288 g/mol. The van der Waals surface area contributed by atoms with Crippen molar-refractivity contribution in [3.05, 3.63) is 24.3 Å². The number of benzene rings is 1. The summed E-state index contributed by atoms with van der Waals surface area (Å²) in [6.07, 6.45) is 3.89. The highest BCUT2D eigenvalue weighted by molar-refractivity contribution is 5.91. The molecule has 114 valence electrons. The zero-order chi connectivity index (χ0) is 13.8. The van der Waals surface area contributed by atoms with Crippen LogP contribution in [0.15, 0.2) is 24.3 Å². The van der Waals surface area contributed by atoms with E-state index in [-0.39, 0.29) is 18.3 Å². The Hall–Kier alpha value is -1.59. The molecule has 0 unspecified atom stereocenters. The summed E-state index contributed by atoms with van der Waals surface area (Å²) in [5, 5.41) is 6.19. The number of aromatic nitrogens is 2. The Kier molecular flexibility index (Phi) is 5.59. The fraction of sp³-hybridized carbons (Fsp3) is 0.467. The Morgan fingerprint density at radius 1 is 1.29 bits per heavy atom. The van der Waals surface area contributed by atoms with E-state index in [1.807, 2.05) is 24.3 Å². The number of fused-ring (bicyclic) bond motifs is 1. The predicted molar refractivity (Wildman–Crippen MR) is 86.8 cm³/mol. The second-order valence-electron chi connectivity index (χ2n) is 5.38. The maximum atomic E-state index is 11.9. The van der Waals surface area contributed by atoms with Gasteiger partial charge in [-0.25, -0.2) is 4.98 Å². The molecule has 21 heavy (non-hydrogen) atoms. The van der Waals surface area contributed by atoms with Gasteiger partial charge in [-0.2, -0.15) is 0 Å². The van der Waals surface area contributed by atoms with Crippen molar-refractivity contribution in [2.45, 2.75) is 25.7 Å². The summed E-state index contributed by atoms with van der Waals surface area (Å²) >= 11 is 0. The van der Waals surface area contributed by atoms with Crippen LogP contribution in [0.5, 0.6) is 0 Å². The molecule has 0 atom stereocenters. The van der Waals surface area contributed by atoms with Crippen molar-refractivity contribution in [1.29, 1.82) is 0 Å². The lowest BCUT2D eigenvalue weighted by Crippen LogP contribution is -2.28. The Balaban J connectivity index is 0.00000161. The lowest BCUT2D eigenvalue weighted by atomic mass is 9.93. The highest BCUT2D eigenvalue weighted by Crippen LogP contribution is 2.18. The normalized spacial score (nSPS) is 15.6. The summed E-state index contributed by atoms with van der Waals surface area (Å²) in [5.74, 6) is 1.27. The van der Waals surface area contributed by atoms with Gasteiger partial charge in [0.2, 0.25) is 11.9 Å². The number of H-pyrrole nitrogens is 1. The SMILES string of the molecule is Cl.O=C(CCC1CCNCC1)Nc1nc2ccccc2[nH]1. The molecule has 0 radical (unpaired) electrons. The number of halogens is 1. The molecule has 0 saturated carbocycles. The summed E-state index contributed by atoms with van der Waals surface area (Å²) in [4.78, 5) is 19.4. The number of para-hydroxylation sites is 2. The summed E-state index contributed by atoms with van der Waals surface area (Å²) in [7, 11) is 0. The molecule has 0 bridgehead atoms. The molecule has 6 heteroatoms. The minimum atomic E-state index is 0. The molecule has 1 aromatic heterocycles. The Morgan fingerprint density at radius 3 is 2.81 bits per heavy atom. The van der Waals surface area contributed by atoms with Crippen molar-refractivity contribution in [3.8, 4) is 0 Å². The van der Waals surface area contributed by atoms with Crippen molar-refractivity contribution in [2.75, 3.05) is 18.4 Å². The van der Waals surface area contributed by atoms with E-state index in [0.717, 1.165) is 30.5 Å². The van der Waals surface area contributed by atoms with Gasteiger partial charge in [-0.05, 0) is 50.4 Å². The number of hydrogen-bond donors (Lipinski definition) is 3. The number of nitrogens with one attached hydrogen (secondary N) is 3. The van der Waals surface area contributed by atoms with E-state index in [1.54, 1.807) is 0 Å². The zero-order valence-corrected chi connectivity index (χ0v) is 12.7. The molecule has 1 aliphatic heterocycles. The van der Waals surface area contributed by atoms with Gasteiger partial charge in [0, 0.05) is 6.42 Å². The predicted octanol–water partition coefficient (Wildman–Crippen LogP) is 2.70. The molecule has 3 N–H and O–H groups in total. The summed E-state index contributed by atoms with van der Waals surface area (Å²) in [6, 6.07) is 7.76. The van der Waals surface area contributed by atoms with E-state index < -0.39 is 0 Å². The van der Waals surface area contributed by atoms with Crippen molar-refractivity contribution in [3.63, 3.8) is 0 Å². The van der Waals surface area contributed by atoms with E-state index in [0.29, 0.717) is 18.3 Å². The van der Waals surface area contributed by atoms with Crippen molar-refractivity contribution < 1.29 is 4.79 Å². The average Bonchev–Trinajstić information content (AvgIpc) is 2.88. The number of carbonyl (C=O) groups excluding carboxylic acids is 1. The molecule has 3 rings (SSSR count). The van der Waals surface area contributed by atoms with E-state index in [4.69, 9.17) is 0 Å². The topological polar surface area (TPSA) is 69.8 Å². The second kappa shape index (κ2) is 7.43. The van der Waals surface area contributed by atoms with E-state index in [1.165, 1.54) is 12.8 Å². The van der Waals surface area contributed by atoms with Crippen LogP contribution in [0.1, 0.15) is 25.7 Å². The highest BCUT2D eigenvalue weighted by Gasteiger charge is 2.15. The molecule has 1 amide bonds. The van der Waals surface area contributed by atoms with Crippen molar-refractivity contribution in [1.82, 2.24) is 15.3 Å². The molecular formula is C15H21ClN4O. The first-order valence-electron chi connectivity index (χ1n) is 7.26. The first kappa shape index (κ1) is 15.8. The van der Waals surface area contributed by atoms with Crippen molar-refractivity contribution >= 4 is 35.3 Å². The molecule has 1 fully saturated rings. The first-order chi connectivity index (χ1) is 9.81. The third-order valence-electron chi connectivity index (χ3n) is 3.89. The maximum Gasteiger partial charge on any atom is 0.226 e. The van der Waals surface area contributed by atoms with Gasteiger partial charge < -0.3 is 10.3 Å². The van der Waals surface area contributed by atoms with Crippen LogP contribution in [0, 0.1) is 5.92 Å². The summed E-state index contributed by atoms with van der Waals surface area (Å²) in [5.41, 5.74) is 1.82. The Bertz CT molecular complexity index is 559. The largest absolute Gasteiger partial charge is 0.324 e. The lowest BCUT2D eigenvalue weighted by molar-refractivity contribution is -0.116. The van der Waals surface area contributed by atoms with Gasteiger partial charge in [0.1, 0.15) is 0 Å². The number of rotatable bonds is 4. The highest BCUT2D eigenvalue weighted by atomic mass is 35.5. The number of amides is 1. The number of hydrogen-bond acceptors (Lipinski definition) is 3. The van der Waals surface area contributed by atoms with Gasteiger partial charge >= 0.3 is 0 Å². The van der Waals surface area contributed by atoms with Gasteiger partial charge in [0.25, 0.3) is 0 Å². The molecule has 1 aromatic carbocycles. The third-order valence-corrected chi connectivity index (χ3v) is 3.89. The number of nitrogens with zero attached hydrogens (tertiary/aromatic N) is 1. The smallest absolute Gasteiger partial charge is 0.226 e. The Labute approximate surface area is 130 Å². The van der Waals surface area contributed by atoms with Crippen LogP contribution in [-0.4, -0.2) is 29.0 Å². The molecule has 5 nitrogen and oxygen atoms in total. The number of piperidine rings is 1. The molecule has 2 heterocycles. The van der Waals surface area contributed by atoms with Gasteiger partial charge in [0.15, 0.2) is 0 Å². The molecule has 0 aliphatic carbocycles. The summed E-state index contributed by atoms with van der Waals surface area (Å²) < 4.78 is 0. The number of imidazole rings is 1. The van der Waals surface area contributed by atoms with Crippen LogP contribution < -0.4 is 10.6 Å².